The van der Waals surface area contributed by atoms with Crippen LogP contribution in [0.15, 0.2) is 18.9 Å². The molecule has 104 valence electrons. The highest BCUT2D eigenvalue weighted by Gasteiger charge is 2.09. The maximum Gasteiger partial charge on any atom is 0.182 e. The van der Waals surface area contributed by atoms with Gasteiger partial charge in [0.2, 0.25) is 0 Å². The van der Waals surface area contributed by atoms with Gasteiger partial charge in [-0.15, -0.1) is 5.10 Å². The van der Waals surface area contributed by atoms with Crippen molar-refractivity contribution in [2.75, 3.05) is 6.67 Å². The van der Waals surface area contributed by atoms with Gasteiger partial charge in [0.1, 0.15) is 18.5 Å². The lowest BCUT2D eigenvalue weighted by atomic mass is 10.3. The first-order valence-electron chi connectivity index (χ1n) is 6.04. The molecule has 3 aromatic heterocycles. The van der Waals surface area contributed by atoms with E-state index in [4.69, 9.17) is 11.6 Å². The summed E-state index contributed by atoms with van der Waals surface area (Å²) in [4.78, 5) is 12.2. The van der Waals surface area contributed by atoms with Crippen molar-refractivity contribution in [1.82, 2.24) is 34.5 Å². The van der Waals surface area contributed by atoms with E-state index in [1.807, 2.05) is 4.57 Å². The molecule has 0 unspecified atom stereocenters. The van der Waals surface area contributed by atoms with Gasteiger partial charge in [-0.1, -0.05) is 16.8 Å². The Bertz CT molecular complexity index is 722. The summed E-state index contributed by atoms with van der Waals surface area (Å²) in [5.41, 5.74) is 2.05. The number of hydrogen-bond donors (Lipinski definition) is 0. The fraction of sp³-hybridized carbons (Fsp3) is 0.364. The quantitative estimate of drug-likeness (QED) is 0.663. The van der Waals surface area contributed by atoms with Crippen LogP contribution in [0.1, 0.15) is 5.69 Å². The van der Waals surface area contributed by atoms with Crippen LogP contribution in [0, 0.1) is 0 Å². The van der Waals surface area contributed by atoms with Crippen LogP contribution < -0.4 is 0 Å². The third-order valence-electron chi connectivity index (χ3n) is 2.87. The number of aryl methyl sites for hydroxylation is 3. The number of rotatable bonds is 5. The summed E-state index contributed by atoms with van der Waals surface area (Å²) >= 11 is 6.04. The van der Waals surface area contributed by atoms with Crippen LogP contribution in [0.25, 0.3) is 11.2 Å². The Morgan fingerprint density at radius 2 is 2.10 bits per heavy atom. The minimum Gasteiger partial charge on any atom is -0.326 e. The molecule has 3 aromatic rings. The van der Waals surface area contributed by atoms with Crippen molar-refractivity contribution >= 4 is 22.8 Å². The van der Waals surface area contributed by atoms with Gasteiger partial charge in [0.15, 0.2) is 10.8 Å². The minimum absolute atomic E-state index is 0.223. The van der Waals surface area contributed by atoms with E-state index in [-0.39, 0.29) is 6.54 Å². The van der Waals surface area contributed by atoms with E-state index in [1.54, 1.807) is 12.5 Å². The number of aromatic nitrogens is 7. The Hall–Kier alpha value is -2.09. The zero-order valence-electron chi connectivity index (χ0n) is 10.4. The van der Waals surface area contributed by atoms with Crippen LogP contribution in [-0.4, -0.2) is 41.2 Å². The molecule has 0 aliphatic rings. The molecular formula is C11H11ClFN7. The number of imidazole rings is 1. The lowest BCUT2D eigenvalue weighted by Crippen LogP contribution is -2.01. The molecule has 0 amide bonds. The first kappa shape index (κ1) is 12.9. The predicted octanol–water partition coefficient (Wildman–Crippen LogP) is 1.28. The SMILES string of the molecule is [18F]CCn1cc(CCn2cnc3ncnc(Cl)c32)nn1. The lowest BCUT2D eigenvalue weighted by molar-refractivity contribution is 0.422. The molecule has 3 heterocycles. The van der Waals surface area contributed by atoms with Crippen molar-refractivity contribution in [3.63, 3.8) is 0 Å². The van der Waals surface area contributed by atoms with Gasteiger partial charge in [-0.05, 0) is 0 Å². The maximum absolute atomic E-state index is 12.2. The van der Waals surface area contributed by atoms with Crippen molar-refractivity contribution in [2.24, 2.45) is 0 Å². The molecule has 0 aliphatic heterocycles. The third kappa shape index (κ3) is 2.46. The van der Waals surface area contributed by atoms with Gasteiger partial charge in [0.25, 0.3) is 0 Å². The summed E-state index contributed by atoms with van der Waals surface area (Å²) in [6.45, 7) is 0.389. The first-order valence-corrected chi connectivity index (χ1v) is 6.42. The molecule has 0 saturated carbocycles. The Morgan fingerprint density at radius 3 is 2.95 bits per heavy atom. The Labute approximate surface area is 118 Å². The van der Waals surface area contributed by atoms with Crippen molar-refractivity contribution in [1.29, 1.82) is 0 Å². The van der Waals surface area contributed by atoms with E-state index in [0.29, 0.717) is 29.3 Å². The van der Waals surface area contributed by atoms with Crippen LogP contribution in [-0.2, 0) is 19.5 Å². The van der Waals surface area contributed by atoms with Gasteiger partial charge in [-0.3, -0.25) is 0 Å². The summed E-state index contributed by atoms with van der Waals surface area (Å²) in [5.74, 6) is 0. The van der Waals surface area contributed by atoms with Gasteiger partial charge < -0.3 is 4.57 Å². The molecule has 0 aliphatic carbocycles. The zero-order valence-corrected chi connectivity index (χ0v) is 11.2. The van der Waals surface area contributed by atoms with Crippen molar-refractivity contribution in [2.45, 2.75) is 19.5 Å². The number of hydrogen-bond acceptors (Lipinski definition) is 5. The predicted molar refractivity (Wildman–Crippen MR) is 70.0 cm³/mol. The van der Waals surface area contributed by atoms with E-state index in [2.05, 4.69) is 25.3 Å². The first-order chi connectivity index (χ1) is 9.78. The Kier molecular flexibility index (Phi) is 3.55. The largest absolute Gasteiger partial charge is 0.326 e. The molecule has 3 rings (SSSR count). The second kappa shape index (κ2) is 5.49. The molecule has 0 saturated heterocycles. The molecule has 0 N–H and O–H groups in total. The standard InChI is InChI=1S/C11H11ClFN7/c12-10-9-11(15-6-14-10)16-7-19(9)3-1-8-5-20(4-2-13)18-17-8/h5-7H,1-4H2/i13-1. The summed E-state index contributed by atoms with van der Waals surface area (Å²) < 4.78 is 15.5. The fourth-order valence-corrected chi connectivity index (χ4v) is 2.16. The van der Waals surface area contributed by atoms with Crippen molar-refractivity contribution in [3.8, 4) is 0 Å². The van der Waals surface area contributed by atoms with Crippen LogP contribution in [0.3, 0.4) is 0 Å². The zero-order chi connectivity index (χ0) is 13.9. The fourth-order valence-electron chi connectivity index (χ4n) is 1.93. The third-order valence-corrected chi connectivity index (χ3v) is 3.15. The second-order valence-electron chi connectivity index (χ2n) is 4.19. The summed E-state index contributed by atoms with van der Waals surface area (Å²) in [6.07, 6.45) is 5.42. The monoisotopic (exact) mass is 294 g/mol. The van der Waals surface area contributed by atoms with Gasteiger partial charge in [-0.2, -0.15) is 0 Å². The Morgan fingerprint density at radius 1 is 1.20 bits per heavy atom. The van der Waals surface area contributed by atoms with Crippen LogP contribution in [0.5, 0.6) is 0 Å². The summed E-state index contributed by atoms with van der Waals surface area (Å²) in [6, 6.07) is 0. The summed E-state index contributed by atoms with van der Waals surface area (Å²) in [5, 5.41) is 8.19. The molecule has 0 atom stereocenters. The number of halogens is 2. The highest BCUT2D eigenvalue weighted by molar-refractivity contribution is 6.33. The highest BCUT2D eigenvalue weighted by Crippen LogP contribution is 2.18. The van der Waals surface area contributed by atoms with E-state index in [0.717, 1.165) is 5.69 Å². The molecule has 0 aromatic carbocycles. The van der Waals surface area contributed by atoms with Gasteiger partial charge in [-0.25, -0.2) is 24.0 Å². The van der Waals surface area contributed by atoms with Crippen LogP contribution >= 0.6 is 11.6 Å². The molecule has 20 heavy (non-hydrogen) atoms. The normalized spacial score (nSPS) is 11.3. The van der Waals surface area contributed by atoms with E-state index >= 15 is 0 Å². The lowest BCUT2D eigenvalue weighted by Gasteiger charge is -2.02. The number of fused-ring (bicyclic) bond motifs is 1. The van der Waals surface area contributed by atoms with Crippen molar-refractivity contribution < 1.29 is 4.39 Å². The molecular weight excluding hydrogens is 284 g/mol. The van der Waals surface area contributed by atoms with E-state index in [1.165, 1.54) is 11.0 Å². The topological polar surface area (TPSA) is 74.3 Å². The molecule has 0 fully saturated rings. The van der Waals surface area contributed by atoms with Crippen LogP contribution in [0.4, 0.5) is 4.39 Å². The molecule has 0 bridgehead atoms. The van der Waals surface area contributed by atoms with E-state index < -0.39 is 6.67 Å². The van der Waals surface area contributed by atoms with Gasteiger partial charge >= 0.3 is 0 Å². The highest BCUT2D eigenvalue weighted by atomic mass is 35.5. The second-order valence-corrected chi connectivity index (χ2v) is 4.54. The maximum atomic E-state index is 12.2. The molecule has 0 radical (unpaired) electrons. The smallest absolute Gasteiger partial charge is 0.182 e. The minimum atomic E-state index is -0.456. The molecule has 7 nitrogen and oxygen atoms in total. The number of nitrogens with zero attached hydrogens (tertiary/aromatic N) is 7. The summed E-state index contributed by atoms with van der Waals surface area (Å²) in [7, 11) is 0. The van der Waals surface area contributed by atoms with Gasteiger partial charge in [0.05, 0.1) is 18.6 Å². The van der Waals surface area contributed by atoms with Crippen LogP contribution in [0.2, 0.25) is 5.15 Å². The van der Waals surface area contributed by atoms with E-state index in [9.17, 15) is 4.39 Å². The van der Waals surface area contributed by atoms with Crippen molar-refractivity contribution in [3.05, 3.63) is 29.7 Å². The van der Waals surface area contributed by atoms with Gasteiger partial charge in [0, 0.05) is 19.2 Å². The Balaban J connectivity index is 1.76. The number of alkyl halides is 1. The molecule has 0 spiro atoms. The average Bonchev–Trinajstić information content (AvgIpc) is 3.04. The average molecular weight is 295 g/mol. The molecule has 9 heteroatoms.